The summed E-state index contributed by atoms with van der Waals surface area (Å²) < 4.78 is 11.3. The van der Waals surface area contributed by atoms with Crippen molar-refractivity contribution >= 4 is 11.8 Å². The number of ketones is 1. The van der Waals surface area contributed by atoms with Crippen molar-refractivity contribution in [2.45, 2.75) is 51.0 Å². The van der Waals surface area contributed by atoms with E-state index < -0.39 is 5.97 Å². The van der Waals surface area contributed by atoms with Gasteiger partial charge in [0.1, 0.15) is 11.4 Å². The molecule has 4 nitrogen and oxygen atoms in total. The number of carbonyl (C=O) groups is 2. The van der Waals surface area contributed by atoms with E-state index in [9.17, 15) is 9.59 Å². The molecule has 4 unspecified atom stereocenters. The third-order valence-corrected chi connectivity index (χ3v) is 8.39. The van der Waals surface area contributed by atoms with E-state index in [1.807, 2.05) is 18.2 Å². The van der Waals surface area contributed by atoms with Gasteiger partial charge in [0.05, 0.1) is 12.7 Å². The molecule has 2 aliphatic carbocycles. The van der Waals surface area contributed by atoms with E-state index in [1.54, 1.807) is 24.3 Å². The van der Waals surface area contributed by atoms with E-state index in [2.05, 4.69) is 20.8 Å². The minimum absolute atomic E-state index is 0.0465. The number of benzene rings is 2. The number of ether oxygens (including phenoxy) is 2. The van der Waals surface area contributed by atoms with E-state index in [1.165, 1.54) is 31.9 Å². The summed E-state index contributed by atoms with van der Waals surface area (Å²) in [6.07, 6.45) is 3.61. The summed E-state index contributed by atoms with van der Waals surface area (Å²) in [5.74, 6) is 1.03. The zero-order valence-corrected chi connectivity index (χ0v) is 17.4. The van der Waals surface area contributed by atoms with Crippen LogP contribution in [0, 0.1) is 11.3 Å². The Balaban J connectivity index is 1.53. The minimum Gasteiger partial charge on any atom is -0.486 e. The molecule has 1 heterocycles. The molecule has 1 aliphatic heterocycles. The van der Waals surface area contributed by atoms with Crippen LogP contribution < -0.4 is 4.74 Å². The average molecular weight is 390 g/mol. The molecule has 29 heavy (non-hydrogen) atoms. The summed E-state index contributed by atoms with van der Waals surface area (Å²) >= 11 is 0. The van der Waals surface area contributed by atoms with Gasteiger partial charge in [0.25, 0.3) is 0 Å². The Hall–Kier alpha value is -2.62. The molecule has 0 aromatic heterocycles. The first kappa shape index (κ1) is 18.4. The largest absolute Gasteiger partial charge is 0.486 e. The second-order valence-corrected chi connectivity index (χ2v) is 9.44. The van der Waals surface area contributed by atoms with Gasteiger partial charge in [-0.25, -0.2) is 4.79 Å². The van der Waals surface area contributed by atoms with Crippen LogP contribution in [0.4, 0.5) is 0 Å². The van der Waals surface area contributed by atoms with Crippen molar-refractivity contribution in [1.82, 2.24) is 0 Å². The van der Waals surface area contributed by atoms with Gasteiger partial charge in [0, 0.05) is 22.1 Å². The summed E-state index contributed by atoms with van der Waals surface area (Å²) in [6.45, 7) is 6.98. The predicted octanol–water partition coefficient (Wildman–Crippen LogP) is 4.93. The first-order chi connectivity index (χ1) is 13.7. The molecule has 0 saturated heterocycles. The van der Waals surface area contributed by atoms with E-state index in [0.717, 1.165) is 5.75 Å². The van der Waals surface area contributed by atoms with E-state index in [0.29, 0.717) is 22.6 Å². The van der Waals surface area contributed by atoms with Gasteiger partial charge in [-0.05, 0) is 67.9 Å². The maximum Gasteiger partial charge on any atom is 0.337 e. The monoisotopic (exact) mass is 390 g/mol. The highest BCUT2D eigenvalue weighted by molar-refractivity contribution is 6.09. The summed E-state index contributed by atoms with van der Waals surface area (Å²) in [7, 11) is 1.35. The van der Waals surface area contributed by atoms with Gasteiger partial charge in [0.15, 0.2) is 5.78 Å². The van der Waals surface area contributed by atoms with Crippen LogP contribution in [-0.2, 0) is 10.2 Å². The number of esters is 1. The fourth-order valence-electron chi connectivity index (χ4n) is 6.37. The molecule has 150 valence electrons. The van der Waals surface area contributed by atoms with Gasteiger partial charge < -0.3 is 9.47 Å². The molecule has 0 spiro atoms. The average Bonchev–Trinajstić information content (AvgIpc) is 3.30. The molecule has 0 radical (unpaired) electrons. The molecular formula is C25H26O4. The van der Waals surface area contributed by atoms with Crippen molar-refractivity contribution in [3.63, 3.8) is 0 Å². The van der Waals surface area contributed by atoms with Gasteiger partial charge in [-0.3, -0.25) is 4.79 Å². The Bertz CT molecular complexity index is 1040. The van der Waals surface area contributed by atoms with Gasteiger partial charge >= 0.3 is 5.97 Å². The molecule has 2 bridgehead atoms. The standard InChI is InChI=1S/C25H26O4/c1-23-12-11-18(14-23)25(3)24(23,2)19-13-17(9-10-20(19)29-25)21(26)15-5-7-16(8-6-15)22(27)28-4/h5-10,13,18H,11-12,14H2,1-4H3. The highest BCUT2D eigenvalue weighted by Gasteiger charge is 2.73. The van der Waals surface area contributed by atoms with Crippen LogP contribution in [0.25, 0.3) is 0 Å². The zero-order chi connectivity index (χ0) is 20.6. The Morgan fingerprint density at radius 2 is 1.66 bits per heavy atom. The van der Waals surface area contributed by atoms with Gasteiger partial charge in [-0.2, -0.15) is 0 Å². The predicted molar refractivity (Wildman–Crippen MR) is 109 cm³/mol. The molecule has 3 aliphatic rings. The van der Waals surface area contributed by atoms with Crippen LogP contribution in [0.1, 0.15) is 71.9 Å². The fraction of sp³-hybridized carbons (Fsp3) is 0.440. The van der Waals surface area contributed by atoms with Gasteiger partial charge in [-0.15, -0.1) is 0 Å². The van der Waals surface area contributed by atoms with Gasteiger partial charge in [0.2, 0.25) is 0 Å². The Labute approximate surface area is 171 Å². The number of methoxy groups -OCH3 is 1. The first-order valence-electron chi connectivity index (χ1n) is 10.3. The van der Waals surface area contributed by atoms with Crippen LogP contribution in [0.3, 0.4) is 0 Å². The lowest BCUT2D eigenvalue weighted by Gasteiger charge is -2.48. The highest BCUT2D eigenvalue weighted by Crippen LogP contribution is 2.73. The molecule has 5 rings (SSSR count). The number of hydrogen-bond donors (Lipinski definition) is 0. The molecular weight excluding hydrogens is 364 g/mol. The van der Waals surface area contributed by atoms with Gasteiger partial charge in [-0.1, -0.05) is 26.0 Å². The van der Waals surface area contributed by atoms with Crippen LogP contribution in [-0.4, -0.2) is 24.5 Å². The SMILES string of the molecule is COC(=O)c1ccc(C(=O)c2ccc3c(c2)C2(C)C4(C)CCC(C4)C2(C)O3)cc1. The van der Waals surface area contributed by atoms with Crippen molar-refractivity contribution in [2.24, 2.45) is 11.3 Å². The summed E-state index contributed by atoms with van der Waals surface area (Å²) in [6, 6.07) is 12.5. The summed E-state index contributed by atoms with van der Waals surface area (Å²) in [5, 5.41) is 0. The first-order valence-corrected chi connectivity index (χ1v) is 10.3. The zero-order valence-electron chi connectivity index (χ0n) is 17.4. The Morgan fingerprint density at radius 3 is 2.34 bits per heavy atom. The van der Waals surface area contributed by atoms with E-state index in [-0.39, 0.29) is 22.2 Å². The molecule has 4 heteroatoms. The number of rotatable bonds is 3. The maximum atomic E-state index is 13.2. The highest BCUT2D eigenvalue weighted by atomic mass is 16.5. The van der Waals surface area contributed by atoms with E-state index in [4.69, 9.17) is 9.47 Å². The normalized spacial score (nSPS) is 33.7. The van der Waals surface area contributed by atoms with Crippen molar-refractivity contribution in [3.05, 3.63) is 64.7 Å². The minimum atomic E-state index is -0.407. The molecule has 4 atom stereocenters. The van der Waals surface area contributed by atoms with Crippen LogP contribution in [0.15, 0.2) is 42.5 Å². The van der Waals surface area contributed by atoms with Crippen LogP contribution in [0.5, 0.6) is 5.75 Å². The lowest BCUT2D eigenvalue weighted by Crippen LogP contribution is -2.54. The molecule has 2 saturated carbocycles. The lowest BCUT2D eigenvalue weighted by molar-refractivity contribution is -0.0260. The third kappa shape index (κ3) is 2.15. The van der Waals surface area contributed by atoms with Crippen molar-refractivity contribution < 1.29 is 19.1 Å². The van der Waals surface area contributed by atoms with Crippen LogP contribution in [0.2, 0.25) is 0 Å². The number of carbonyl (C=O) groups excluding carboxylic acids is 2. The molecule has 0 N–H and O–H groups in total. The van der Waals surface area contributed by atoms with Crippen molar-refractivity contribution in [3.8, 4) is 5.75 Å². The number of hydrogen-bond acceptors (Lipinski definition) is 4. The topological polar surface area (TPSA) is 52.6 Å². The number of fused-ring (bicyclic) bond motifs is 7. The molecule has 2 aromatic carbocycles. The Kier molecular flexibility index (Phi) is 3.63. The molecule has 2 fully saturated rings. The maximum absolute atomic E-state index is 13.2. The van der Waals surface area contributed by atoms with Crippen LogP contribution >= 0.6 is 0 Å². The molecule has 0 amide bonds. The smallest absolute Gasteiger partial charge is 0.337 e. The third-order valence-electron chi connectivity index (χ3n) is 8.39. The van der Waals surface area contributed by atoms with E-state index >= 15 is 0 Å². The van der Waals surface area contributed by atoms with Crippen molar-refractivity contribution in [2.75, 3.05) is 7.11 Å². The van der Waals surface area contributed by atoms with Crippen molar-refractivity contribution in [1.29, 1.82) is 0 Å². The second-order valence-electron chi connectivity index (χ2n) is 9.44. The lowest BCUT2D eigenvalue weighted by atomic mass is 9.56. The fourth-order valence-corrected chi connectivity index (χ4v) is 6.37. The molecule has 2 aromatic rings. The quantitative estimate of drug-likeness (QED) is 0.551. The summed E-state index contributed by atoms with van der Waals surface area (Å²) in [4.78, 5) is 24.8. The Morgan fingerprint density at radius 1 is 1.00 bits per heavy atom. The summed E-state index contributed by atoms with van der Waals surface area (Å²) in [5.41, 5.74) is 2.72. The second kappa shape index (κ2) is 5.71.